The van der Waals surface area contributed by atoms with E-state index in [9.17, 15) is 0 Å². The fourth-order valence-corrected chi connectivity index (χ4v) is 2.55. The number of hydrogen-bond acceptors (Lipinski definition) is 2. The molecule has 4 heteroatoms. The SMILES string of the molecule is N#Cc1c[c-]c2c(c1)c1ccccc1n1ccnc21.[Ir]. The molecule has 0 fully saturated rings. The van der Waals surface area contributed by atoms with E-state index in [1.807, 2.05) is 24.4 Å². The van der Waals surface area contributed by atoms with Crippen molar-refractivity contribution in [3.63, 3.8) is 0 Å². The Morgan fingerprint density at radius 3 is 2.90 bits per heavy atom. The summed E-state index contributed by atoms with van der Waals surface area (Å²) in [4.78, 5) is 4.40. The van der Waals surface area contributed by atoms with Crippen LogP contribution in [0.5, 0.6) is 0 Å². The van der Waals surface area contributed by atoms with Crippen LogP contribution in [0.1, 0.15) is 5.56 Å². The van der Waals surface area contributed by atoms with E-state index in [0.29, 0.717) is 5.56 Å². The van der Waals surface area contributed by atoms with Gasteiger partial charge in [0, 0.05) is 44.1 Å². The second-order valence-corrected chi connectivity index (χ2v) is 4.43. The molecule has 4 rings (SSSR count). The van der Waals surface area contributed by atoms with E-state index in [0.717, 1.165) is 27.3 Å². The van der Waals surface area contributed by atoms with Gasteiger partial charge in [-0.05, 0) is 17.0 Å². The Bertz CT molecular complexity index is 979. The minimum Gasteiger partial charge on any atom is -0.340 e. The van der Waals surface area contributed by atoms with Crippen LogP contribution < -0.4 is 0 Å². The molecule has 0 amide bonds. The molecule has 20 heavy (non-hydrogen) atoms. The Labute approximate surface area is 128 Å². The molecule has 2 aromatic heterocycles. The number of aromatic nitrogens is 2. The molecule has 2 heterocycles. The molecule has 0 aliphatic heterocycles. The second kappa shape index (κ2) is 4.72. The summed E-state index contributed by atoms with van der Waals surface area (Å²) in [5, 5.41) is 12.1. The largest absolute Gasteiger partial charge is 0.340 e. The van der Waals surface area contributed by atoms with Crippen molar-refractivity contribution in [2.75, 3.05) is 0 Å². The Kier molecular flexibility index (Phi) is 3.02. The first-order valence-electron chi connectivity index (χ1n) is 5.98. The van der Waals surface area contributed by atoms with Gasteiger partial charge in [0.1, 0.15) is 0 Å². The van der Waals surface area contributed by atoms with Crippen LogP contribution in [0, 0.1) is 17.4 Å². The average molecular weight is 434 g/mol. The summed E-state index contributed by atoms with van der Waals surface area (Å²) in [7, 11) is 0. The first kappa shape index (κ1) is 12.8. The molecular formula is C16H8IrN3-. The van der Waals surface area contributed by atoms with Crippen molar-refractivity contribution in [3.8, 4) is 6.07 Å². The number of rotatable bonds is 0. The van der Waals surface area contributed by atoms with Crippen molar-refractivity contribution >= 4 is 27.3 Å². The van der Waals surface area contributed by atoms with Gasteiger partial charge in [-0.25, -0.2) is 5.26 Å². The summed E-state index contributed by atoms with van der Waals surface area (Å²) >= 11 is 0. The predicted molar refractivity (Wildman–Crippen MR) is 73.8 cm³/mol. The maximum atomic E-state index is 9.05. The molecule has 0 bridgehead atoms. The third-order valence-electron chi connectivity index (χ3n) is 3.39. The standard InChI is InChI=1S/C16H8N3.Ir/c17-10-11-5-6-13-14(9-11)12-3-1-2-4-15(12)19-8-7-18-16(13)19;/h1-5,7-9H;/q-1;. The summed E-state index contributed by atoms with van der Waals surface area (Å²) in [6.07, 6.45) is 3.73. The first-order valence-corrected chi connectivity index (χ1v) is 5.98. The van der Waals surface area contributed by atoms with E-state index in [4.69, 9.17) is 5.26 Å². The van der Waals surface area contributed by atoms with E-state index >= 15 is 0 Å². The van der Waals surface area contributed by atoms with Crippen molar-refractivity contribution < 1.29 is 20.1 Å². The molecule has 0 saturated carbocycles. The molecule has 0 N–H and O–H groups in total. The summed E-state index contributed by atoms with van der Waals surface area (Å²) in [6.45, 7) is 0. The number of imidazole rings is 1. The van der Waals surface area contributed by atoms with Gasteiger partial charge in [-0.1, -0.05) is 23.6 Å². The van der Waals surface area contributed by atoms with Crippen LogP contribution in [-0.4, -0.2) is 9.38 Å². The van der Waals surface area contributed by atoms with Gasteiger partial charge >= 0.3 is 0 Å². The van der Waals surface area contributed by atoms with Crippen molar-refractivity contribution in [1.29, 1.82) is 5.26 Å². The monoisotopic (exact) mass is 435 g/mol. The minimum absolute atomic E-state index is 0. The smallest absolute Gasteiger partial charge is 0.0608 e. The Morgan fingerprint density at radius 2 is 2.05 bits per heavy atom. The number of nitriles is 1. The summed E-state index contributed by atoms with van der Waals surface area (Å²) in [5.41, 5.74) is 2.58. The molecule has 0 atom stereocenters. The molecular weight excluding hydrogens is 426 g/mol. The molecule has 3 nitrogen and oxygen atoms in total. The van der Waals surface area contributed by atoms with E-state index in [1.54, 1.807) is 12.3 Å². The maximum absolute atomic E-state index is 9.05. The minimum atomic E-state index is 0. The normalized spacial score (nSPS) is 10.6. The molecule has 97 valence electrons. The molecule has 0 spiro atoms. The quantitative estimate of drug-likeness (QED) is 0.315. The molecule has 0 unspecified atom stereocenters. The summed E-state index contributed by atoms with van der Waals surface area (Å²) in [5.74, 6) is 0. The average Bonchev–Trinajstić information content (AvgIpc) is 2.96. The maximum Gasteiger partial charge on any atom is 0.0608 e. The van der Waals surface area contributed by atoms with Crippen LogP contribution in [0.3, 0.4) is 0 Å². The van der Waals surface area contributed by atoms with E-state index in [2.05, 4.69) is 33.7 Å². The van der Waals surface area contributed by atoms with Gasteiger partial charge in [-0.3, -0.25) is 4.98 Å². The predicted octanol–water partition coefficient (Wildman–Crippen LogP) is 3.31. The third-order valence-corrected chi connectivity index (χ3v) is 3.39. The zero-order valence-electron chi connectivity index (χ0n) is 10.3. The number of fused-ring (bicyclic) bond motifs is 6. The summed E-state index contributed by atoms with van der Waals surface area (Å²) < 4.78 is 2.06. The van der Waals surface area contributed by atoms with E-state index < -0.39 is 0 Å². The zero-order valence-corrected chi connectivity index (χ0v) is 12.7. The van der Waals surface area contributed by atoms with Gasteiger partial charge in [-0.15, -0.1) is 23.6 Å². The Balaban J connectivity index is 0.00000121. The van der Waals surface area contributed by atoms with Gasteiger partial charge in [0.05, 0.1) is 5.65 Å². The van der Waals surface area contributed by atoms with Gasteiger partial charge in [0.2, 0.25) is 0 Å². The van der Waals surface area contributed by atoms with Crippen LogP contribution in [0.2, 0.25) is 0 Å². The number of pyridine rings is 1. The second-order valence-electron chi connectivity index (χ2n) is 4.43. The summed E-state index contributed by atoms with van der Waals surface area (Å²) in [6, 6.07) is 17.1. The van der Waals surface area contributed by atoms with Gasteiger partial charge in [0.15, 0.2) is 0 Å². The molecule has 1 radical (unpaired) electrons. The number of nitrogens with zero attached hydrogens (tertiary/aromatic N) is 3. The van der Waals surface area contributed by atoms with E-state index in [-0.39, 0.29) is 20.1 Å². The molecule has 0 aliphatic carbocycles. The molecule has 0 saturated heterocycles. The van der Waals surface area contributed by atoms with Gasteiger partial charge in [-0.2, -0.15) is 0 Å². The molecule has 2 aromatic carbocycles. The van der Waals surface area contributed by atoms with Crippen molar-refractivity contribution in [2.24, 2.45) is 0 Å². The Hall–Kier alpha value is -2.21. The number of benzene rings is 2. The fourth-order valence-electron chi connectivity index (χ4n) is 2.55. The van der Waals surface area contributed by atoms with Gasteiger partial charge in [0.25, 0.3) is 0 Å². The molecule has 0 aliphatic rings. The van der Waals surface area contributed by atoms with Crippen LogP contribution in [-0.2, 0) is 20.1 Å². The van der Waals surface area contributed by atoms with E-state index in [1.165, 1.54) is 0 Å². The molecule has 4 aromatic rings. The third kappa shape index (κ3) is 1.65. The van der Waals surface area contributed by atoms with Crippen molar-refractivity contribution in [3.05, 3.63) is 60.4 Å². The van der Waals surface area contributed by atoms with Crippen molar-refractivity contribution in [1.82, 2.24) is 9.38 Å². The van der Waals surface area contributed by atoms with Crippen LogP contribution in [0.15, 0.2) is 48.8 Å². The van der Waals surface area contributed by atoms with Crippen LogP contribution in [0.4, 0.5) is 0 Å². The zero-order chi connectivity index (χ0) is 12.8. The van der Waals surface area contributed by atoms with Crippen molar-refractivity contribution in [2.45, 2.75) is 0 Å². The number of hydrogen-bond donors (Lipinski definition) is 0. The fraction of sp³-hybridized carbons (Fsp3) is 0. The Morgan fingerprint density at radius 1 is 1.20 bits per heavy atom. The number of para-hydroxylation sites is 1. The van der Waals surface area contributed by atoms with Crippen LogP contribution in [0.25, 0.3) is 27.3 Å². The first-order chi connectivity index (χ1) is 9.38. The van der Waals surface area contributed by atoms with Gasteiger partial charge < -0.3 is 4.40 Å². The topological polar surface area (TPSA) is 41.1 Å². The van der Waals surface area contributed by atoms with Crippen LogP contribution >= 0.6 is 0 Å².